The number of hydrogen-bond acceptors (Lipinski definition) is 2. The van der Waals surface area contributed by atoms with Crippen molar-refractivity contribution in [2.75, 3.05) is 13.2 Å². The Morgan fingerprint density at radius 1 is 0.810 bits per heavy atom. The molecular weight excluding hydrogens is 490 g/mol. The highest BCUT2D eigenvalue weighted by Gasteiger charge is 2.02. The zero-order chi connectivity index (χ0) is 15.1. The van der Waals surface area contributed by atoms with Crippen molar-refractivity contribution >= 4 is 45.2 Å². The molecule has 0 heterocycles. The number of rotatable bonds is 7. The van der Waals surface area contributed by atoms with Gasteiger partial charge in [-0.3, -0.25) is 0 Å². The molecule has 0 amide bonds. The van der Waals surface area contributed by atoms with Crippen LogP contribution in [0.5, 0.6) is 11.5 Å². The third kappa shape index (κ3) is 5.65. The maximum Gasteiger partial charge on any atom is 0.132 e. The van der Waals surface area contributed by atoms with Crippen LogP contribution >= 0.6 is 45.2 Å². The molecule has 0 aliphatic carbocycles. The van der Waals surface area contributed by atoms with E-state index in [0.717, 1.165) is 44.7 Å². The Balaban J connectivity index is 1.66. The number of ether oxygens (including phenoxy) is 2. The monoisotopic (exact) mass is 508 g/mol. The van der Waals surface area contributed by atoms with E-state index in [-0.39, 0.29) is 0 Å². The Kier molecular flexibility index (Phi) is 7.09. The molecule has 2 nitrogen and oxygen atoms in total. The van der Waals surface area contributed by atoms with Crippen molar-refractivity contribution in [3.63, 3.8) is 0 Å². The van der Waals surface area contributed by atoms with Crippen LogP contribution in [0.2, 0.25) is 0 Å². The minimum absolute atomic E-state index is 0.730. The molecule has 4 heteroatoms. The molecule has 21 heavy (non-hydrogen) atoms. The summed E-state index contributed by atoms with van der Waals surface area (Å²) in [6.07, 6.45) is 1.99. The minimum Gasteiger partial charge on any atom is -0.492 e. The first-order valence-corrected chi connectivity index (χ1v) is 9.09. The molecule has 0 aromatic heterocycles. The molecule has 0 saturated carbocycles. The van der Waals surface area contributed by atoms with Gasteiger partial charge in [0.15, 0.2) is 0 Å². The van der Waals surface area contributed by atoms with Gasteiger partial charge in [-0.25, -0.2) is 0 Å². The number of para-hydroxylation sites is 1. The molecular formula is C17H18I2O2. The van der Waals surface area contributed by atoms with Crippen LogP contribution in [0.1, 0.15) is 18.4 Å². The van der Waals surface area contributed by atoms with Crippen molar-refractivity contribution in [2.45, 2.75) is 19.8 Å². The van der Waals surface area contributed by atoms with Gasteiger partial charge in [0.05, 0.1) is 20.4 Å². The topological polar surface area (TPSA) is 18.5 Å². The number of halogens is 2. The van der Waals surface area contributed by atoms with E-state index in [2.05, 4.69) is 76.4 Å². The number of hydrogen-bond donors (Lipinski definition) is 0. The lowest BCUT2D eigenvalue weighted by Crippen LogP contribution is -2.04. The average Bonchev–Trinajstić information content (AvgIpc) is 2.48. The second-order valence-electron chi connectivity index (χ2n) is 4.77. The van der Waals surface area contributed by atoms with E-state index in [9.17, 15) is 0 Å². The Bertz CT molecular complexity index is 585. The van der Waals surface area contributed by atoms with Gasteiger partial charge in [0.2, 0.25) is 0 Å². The Morgan fingerprint density at radius 3 is 2.14 bits per heavy atom. The smallest absolute Gasteiger partial charge is 0.132 e. The zero-order valence-corrected chi connectivity index (χ0v) is 16.3. The number of aryl methyl sites for hydroxylation is 1. The van der Waals surface area contributed by atoms with Crippen LogP contribution in [0, 0.1) is 14.1 Å². The van der Waals surface area contributed by atoms with E-state index in [1.54, 1.807) is 0 Å². The summed E-state index contributed by atoms with van der Waals surface area (Å²) >= 11 is 4.60. The van der Waals surface area contributed by atoms with Crippen molar-refractivity contribution in [1.29, 1.82) is 0 Å². The molecule has 0 N–H and O–H groups in total. The van der Waals surface area contributed by atoms with Gasteiger partial charge in [-0.15, -0.1) is 0 Å². The first-order valence-electron chi connectivity index (χ1n) is 6.93. The molecule has 0 fully saturated rings. The highest BCUT2D eigenvalue weighted by molar-refractivity contribution is 14.1. The Hall–Kier alpha value is -0.500. The van der Waals surface area contributed by atoms with Crippen molar-refractivity contribution in [2.24, 2.45) is 0 Å². The van der Waals surface area contributed by atoms with E-state index in [4.69, 9.17) is 9.47 Å². The Morgan fingerprint density at radius 2 is 1.43 bits per heavy atom. The summed E-state index contributed by atoms with van der Waals surface area (Å²) in [7, 11) is 0. The van der Waals surface area contributed by atoms with Crippen LogP contribution in [-0.2, 0) is 0 Å². The predicted octanol–water partition coefficient (Wildman–Crippen LogP) is 5.44. The number of benzene rings is 2. The molecule has 2 aromatic carbocycles. The fourth-order valence-electron chi connectivity index (χ4n) is 1.85. The van der Waals surface area contributed by atoms with Crippen LogP contribution < -0.4 is 9.47 Å². The summed E-state index contributed by atoms with van der Waals surface area (Å²) in [5.74, 6) is 1.95. The van der Waals surface area contributed by atoms with Gasteiger partial charge in [-0.05, 0) is 94.8 Å². The van der Waals surface area contributed by atoms with Crippen LogP contribution in [0.4, 0.5) is 0 Å². The van der Waals surface area contributed by atoms with Gasteiger partial charge >= 0.3 is 0 Å². The summed E-state index contributed by atoms with van der Waals surface area (Å²) < 4.78 is 13.9. The van der Waals surface area contributed by atoms with Crippen LogP contribution in [0.25, 0.3) is 0 Å². The third-order valence-corrected chi connectivity index (χ3v) is 4.76. The average molecular weight is 508 g/mol. The molecule has 0 aliphatic heterocycles. The van der Waals surface area contributed by atoms with E-state index < -0.39 is 0 Å². The van der Waals surface area contributed by atoms with E-state index in [0.29, 0.717) is 0 Å². The van der Waals surface area contributed by atoms with Gasteiger partial charge < -0.3 is 9.47 Å². The molecule has 0 spiro atoms. The standard InChI is InChI=1S/C17H18I2O2/c1-13-8-9-15(19)17(12-13)21-11-5-4-10-20-16-7-3-2-6-14(16)18/h2-3,6-9,12H,4-5,10-11H2,1H3. The maximum atomic E-state index is 5.83. The zero-order valence-electron chi connectivity index (χ0n) is 11.9. The molecule has 0 atom stereocenters. The van der Waals surface area contributed by atoms with Gasteiger partial charge in [-0.2, -0.15) is 0 Å². The van der Waals surface area contributed by atoms with Gasteiger partial charge in [0.1, 0.15) is 11.5 Å². The lowest BCUT2D eigenvalue weighted by molar-refractivity contribution is 0.264. The number of unbranched alkanes of at least 4 members (excludes halogenated alkanes) is 1. The molecule has 2 aromatic rings. The third-order valence-electron chi connectivity index (χ3n) is 2.98. The minimum atomic E-state index is 0.730. The van der Waals surface area contributed by atoms with E-state index in [1.165, 1.54) is 5.56 Å². The first kappa shape index (κ1) is 16.9. The molecule has 0 unspecified atom stereocenters. The summed E-state index contributed by atoms with van der Waals surface area (Å²) in [5.41, 5.74) is 1.23. The quantitative estimate of drug-likeness (QED) is 0.367. The summed E-state index contributed by atoms with van der Waals surface area (Å²) in [6.45, 7) is 3.54. The SMILES string of the molecule is Cc1ccc(I)c(OCCCCOc2ccccc2I)c1. The largest absolute Gasteiger partial charge is 0.492 e. The summed E-state index contributed by atoms with van der Waals surface area (Å²) in [5, 5.41) is 0. The van der Waals surface area contributed by atoms with Gasteiger partial charge in [0, 0.05) is 0 Å². The van der Waals surface area contributed by atoms with Crippen molar-refractivity contribution < 1.29 is 9.47 Å². The van der Waals surface area contributed by atoms with Crippen molar-refractivity contribution in [1.82, 2.24) is 0 Å². The highest BCUT2D eigenvalue weighted by Crippen LogP contribution is 2.22. The maximum absolute atomic E-state index is 5.83. The normalized spacial score (nSPS) is 10.4. The van der Waals surface area contributed by atoms with Crippen LogP contribution in [0.15, 0.2) is 42.5 Å². The fraction of sp³-hybridized carbons (Fsp3) is 0.294. The molecule has 0 radical (unpaired) electrons. The molecule has 0 aliphatic rings. The summed E-state index contributed by atoms with van der Waals surface area (Å²) in [4.78, 5) is 0. The lowest BCUT2D eigenvalue weighted by Gasteiger charge is -2.10. The Labute approximate surface area is 153 Å². The molecule has 0 bridgehead atoms. The van der Waals surface area contributed by atoms with Crippen molar-refractivity contribution in [3.05, 3.63) is 55.2 Å². The highest BCUT2D eigenvalue weighted by atomic mass is 127. The van der Waals surface area contributed by atoms with Gasteiger partial charge in [0.25, 0.3) is 0 Å². The second kappa shape index (κ2) is 8.82. The lowest BCUT2D eigenvalue weighted by atomic mass is 10.2. The summed E-state index contributed by atoms with van der Waals surface area (Å²) in [6, 6.07) is 14.4. The fourth-order valence-corrected chi connectivity index (χ4v) is 2.89. The van der Waals surface area contributed by atoms with Crippen LogP contribution in [-0.4, -0.2) is 13.2 Å². The second-order valence-corrected chi connectivity index (χ2v) is 7.09. The molecule has 112 valence electrons. The van der Waals surface area contributed by atoms with Crippen LogP contribution in [0.3, 0.4) is 0 Å². The molecule has 2 rings (SSSR count). The molecule has 0 saturated heterocycles. The van der Waals surface area contributed by atoms with E-state index >= 15 is 0 Å². The van der Waals surface area contributed by atoms with Crippen molar-refractivity contribution in [3.8, 4) is 11.5 Å². The van der Waals surface area contributed by atoms with Gasteiger partial charge in [-0.1, -0.05) is 18.2 Å². The predicted molar refractivity (Wildman–Crippen MR) is 103 cm³/mol. The first-order chi connectivity index (χ1) is 10.2. The van der Waals surface area contributed by atoms with E-state index in [1.807, 2.05) is 18.2 Å².